The van der Waals surface area contributed by atoms with Crippen molar-refractivity contribution in [3.8, 4) is 0 Å². The Balaban J connectivity index is 2.49. The van der Waals surface area contributed by atoms with Crippen LogP contribution in [0.3, 0.4) is 0 Å². The zero-order valence-electron chi connectivity index (χ0n) is 6.94. The van der Waals surface area contributed by atoms with Gasteiger partial charge in [0.2, 0.25) is 0 Å². The number of hydrogen-bond donors (Lipinski definition) is 0. The SMILES string of the molecule is O=C1CCc2cc(Cl)c(Br)cc2C1. The molecular weight excluding hydrogens is 251 g/mol. The fourth-order valence-corrected chi connectivity index (χ4v) is 2.18. The van der Waals surface area contributed by atoms with Gasteiger partial charge in [0.25, 0.3) is 0 Å². The van der Waals surface area contributed by atoms with Crippen LogP contribution in [0.25, 0.3) is 0 Å². The van der Waals surface area contributed by atoms with Crippen LogP contribution in [0.2, 0.25) is 5.02 Å². The molecule has 1 aromatic carbocycles. The van der Waals surface area contributed by atoms with Crippen LogP contribution in [0.4, 0.5) is 0 Å². The first-order chi connectivity index (χ1) is 6.16. The van der Waals surface area contributed by atoms with Gasteiger partial charge in [-0.05, 0) is 45.6 Å². The maximum atomic E-state index is 11.2. The molecule has 0 saturated carbocycles. The number of ketones is 1. The molecule has 0 fully saturated rings. The van der Waals surface area contributed by atoms with E-state index in [4.69, 9.17) is 11.6 Å². The molecular formula is C10H8BrClO. The standard InChI is InChI=1S/C10H8BrClO/c11-9-4-7-3-8(13)2-1-6(7)5-10(9)12/h4-5H,1-3H2. The molecule has 68 valence electrons. The van der Waals surface area contributed by atoms with Crippen molar-refractivity contribution >= 4 is 33.3 Å². The number of Topliss-reactive ketones (excluding diaryl/α,β-unsaturated/α-hetero) is 1. The summed E-state index contributed by atoms with van der Waals surface area (Å²) in [6.45, 7) is 0. The van der Waals surface area contributed by atoms with Crippen molar-refractivity contribution in [2.45, 2.75) is 19.3 Å². The van der Waals surface area contributed by atoms with E-state index in [1.165, 1.54) is 5.56 Å². The summed E-state index contributed by atoms with van der Waals surface area (Å²) in [7, 11) is 0. The van der Waals surface area contributed by atoms with Crippen molar-refractivity contribution < 1.29 is 4.79 Å². The van der Waals surface area contributed by atoms with Gasteiger partial charge in [0.05, 0.1) is 5.02 Å². The Morgan fingerprint density at radius 2 is 2.00 bits per heavy atom. The molecule has 13 heavy (non-hydrogen) atoms. The second-order valence-corrected chi connectivity index (χ2v) is 4.51. The number of carbonyl (C=O) groups is 1. The second kappa shape index (κ2) is 3.43. The van der Waals surface area contributed by atoms with Crippen molar-refractivity contribution in [2.75, 3.05) is 0 Å². The molecule has 0 saturated heterocycles. The third-order valence-corrected chi connectivity index (χ3v) is 3.50. The van der Waals surface area contributed by atoms with E-state index in [9.17, 15) is 4.79 Å². The maximum absolute atomic E-state index is 11.2. The van der Waals surface area contributed by atoms with Crippen molar-refractivity contribution in [2.24, 2.45) is 0 Å². The molecule has 1 nitrogen and oxygen atoms in total. The molecule has 1 aliphatic rings. The Morgan fingerprint density at radius 1 is 1.23 bits per heavy atom. The van der Waals surface area contributed by atoms with E-state index >= 15 is 0 Å². The highest BCUT2D eigenvalue weighted by molar-refractivity contribution is 9.10. The maximum Gasteiger partial charge on any atom is 0.137 e. The fraction of sp³-hybridized carbons (Fsp3) is 0.300. The van der Waals surface area contributed by atoms with E-state index in [-0.39, 0.29) is 0 Å². The normalized spacial score (nSPS) is 15.7. The van der Waals surface area contributed by atoms with Crippen molar-refractivity contribution in [3.63, 3.8) is 0 Å². The summed E-state index contributed by atoms with van der Waals surface area (Å²) in [6, 6.07) is 3.90. The lowest BCUT2D eigenvalue weighted by atomic mass is 9.91. The first kappa shape index (κ1) is 9.22. The Hall–Kier alpha value is -0.340. The molecule has 0 spiro atoms. The lowest BCUT2D eigenvalue weighted by Gasteiger charge is -2.15. The van der Waals surface area contributed by atoms with Crippen LogP contribution in [0, 0.1) is 0 Å². The summed E-state index contributed by atoms with van der Waals surface area (Å²) in [5, 5.41) is 0.730. The number of rotatable bonds is 0. The van der Waals surface area contributed by atoms with Gasteiger partial charge in [0.1, 0.15) is 5.78 Å². The number of aryl methyl sites for hydroxylation is 1. The Bertz CT molecular complexity index is 373. The fourth-order valence-electron chi connectivity index (χ4n) is 1.60. The van der Waals surface area contributed by atoms with Crippen LogP contribution in [0.1, 0.15) is 17.5 Å². The topological polar surface area (TPSA) is 17.1 Å². The van der Waals surface area contributed by atoms with Crippen LogP contribution in [0.15, 0.2) is 16.6 Å². The lowest BCUT2D eigenvalue weighted by Crippen LogP contribution is -2.13. The van der Waals surface area contributed by atoms with Crippen LogP contribution >= 0.6 is 27.5 Å². The van der Waals surface area contributed by atoms with Crippen LogP contribution < -0.4 is 0 Å². The van der Waals surface area contributed by atoms with Gasteiger partial charge < -0.3 is 0 Å². The number of carbonyl (C=O) groups excluding carboxylic acids is 1. The quantitative estimate of drug-likeness (QED) is 0.699. The third-order valence-electron chi connectivity index (χ3n) is 2.30. The molecule has 0 aliphatic heterocycles. The minimum Gasteiger partial charge on any atom is -0.299 e. The molecule has 0 heterocycles. The largest absolute Gasteiger partial charge is 0.299 e. The summed E-state index contributed by atoms with van der Waals surface area (Å²) in [5.41, 5.74) is 2.33. The molecule has 1 aliphatic carbocycles. The third kappa shape index (κ3) is 1.79. The van der Waals surface area contributed by atoms with E-state index in [0.717, 1.165) is 21.5 Å². The number of benzene rings is 1. The van der Waals surface area contributed by atoms with Crippen LogP contribution in [-0.2, 0) is 17.6 Å². The summed E-state index contributed by atoms with van der Waals surface area (Å²) in [4.78, 5) is 11.2. The monoisotopic (exact) mass is 258 g/mol. The van der Waals surface area contributed by atoms with E-state index in [1.807, 2.05) is 12.1 Å². The minimum atomic E-state index is 0.321. The molecule has 0 aromatic heterocycles. The molecule has 2 rings (SSSR count). The van der Waals surface area contributed by atoms with E-state index < -0.39 is 0 Å². The minimum absolute atomic E-state index is 0.321. The number of fused-ring (bicyclic) bond motifs is 1. The summed E-state index contributed by atoms with van der Waals surface area (Å²) < 4.78 is 0.877. The average Bonchev–Trinajstić information content (AvgIpc) is 2.08. The average molecular weight is 260 g/mol. The second-order valence-electron chi connectivity index (χ2n) is 3.25. The predicted octanol–water partition coefficient (Wildman–Crippen LogP) is 3.16. The highest BCUT2D eigenvalue weighted by Crippen LogP contribution is 2.29. The van der Waals surface area contributed by atoms with Gasteiger partial charge in [-0.3, -0.25) is 4.79 Å². The molecule has 0 amide bonds. The van der Waals surface area contributed by atoms with Crippen LogP contribution in [-0.4, -0.2) is 5.78 Å². The number of hydrogen-bond acceptors (Lipinski definition) is 1. The van der Waals surface area contributed by atoms with Crippen molar-refractivity contribution in [1.82, 2.24) is 0 Å². The number of halogens is 2. The highest BCUT2D eigenvalue weighted by atomic mass is 79.9. The molecule has 0 unspecified atom stereocenters. The first-order valence-corrected chi connectivity index (χ1v) is 5.32. The van der Waals surface area contributed by atoms with Gasteiger partial charge in [0, 0.05) is 17.3 Å². The molecule has 0 N–H and O–H groups in total. The molecule has 0 atom stereocenters. The van der Waals surface area contributed by atoms with E-state index in [0.29, 0.717) is 18.6 Å². The predicted molar refractivity (Wildman–Crippen MR) is 56.2 cm³/mol. The van der Waals surface area contributed by atoms with E-state index in [2.05, 4.69) is 15.9 Å². The highest BCUT2D eigenvalue weighted by Gasteiger charge is 2.16. The molecule has 0 bridgehead atoms. The van der Waals surface area contributed by atoms with Gasteiger partial charge in [-0.15, -0.1) is 0 Å². The smallest absolute Gasteiger partial charge is 0.137 e. The molecule has 3 heteroatoms. The zero-order chi connectivity index (χ0) is 9.42. The van der Waals surface area contributed by atoms with Crippen molar-refractivity contribution in [1.29, 1.82) is 0 Å². The van der Waals surface area contributed by atoms with Gasteiger partial charge in [-0.25, -0.2) is 0 Å². The summed E-state index contributed by atoms with van der Waals surface area (Å²) >= 11 is 9.30. The van der Waals surface area contributed by atoms with Crippen LogP contribution in [0.5, 0.6) is 0 Å². The molecule has 0 radical (unpaired) electrons. The lowest BCUT2D eigenvalue weighted by molar-refractivity contribution is -0.118. The Kier molecular flexibility index (Phi) is 2.43. The summed E-state index contributed by atoms with van der Waals surface area (Å²) in [6.07, 6.45) is 2.05. The zero-order valence-corrected chi connectivity index (χ0v) is 9.28. The summed E-state index contributed by atoms with van der Waals surface area (Å²) in [5.74, 6) is 0.321. The Labute approximate surface area is 90.2 Å². The van der Waals surface area contributed by atoms with Gasteiger partial charge in [-0.2, -0.15) is 0 Å². The van der Waals surface area contributed by atoms with Crippen molar-refractivity contribution in [3.05, 3.63) is 32.8 Å². The van der Waals surface area contributed by atoms with Gasteiger partial charge in [-0.1, -0.05) is 11.6 Å². The first-order valence-electron chi connectivity index (χ1n) is 4.15. The van der Waals surface area contributed by atoms with Gasteiger partial charge in [0.15, 0.2) is 0 Å². The van der Waals surface area contributed by atoms with Gasteiger partial charge >= 0.3 is 0 Å². The van der Waals surface area contributed by atoms with E-state index in [1.54, 1.807) is 0 Å². The molecule has 1 aromatic rings. The Morgan fingerprint density at radius 3 is 2.77 bits per heavy atom.